The largest absolute Gasteiger partial charge is 0.483 e. The van der Waals surface area contributed by atoms with E-state index in [4.69, 9.17) is 9.47 Å². The molecule has 5 aromatic rings. The van der Waals surface area contributed by atoms with Crippen LogP contribution in [-0.4, -0.2) is 48.8 Å². The van der Waals surface area contributed by atoms with Crippen molar-refractivity contribution in [2.75, 3.05) is 18.5 Å². The number of aromatic nitrogens is 5. The smallest absolute Gasteiger partial charge is 0.267 e. The number of fused-ring (bicyclic) bond motifs is 4. The first-order chi connectivity index (χ1) is 17.7. The zero-order valence-electron chi connectivity index (χ0n) is 20.6. The highest BCUT2D eigenvalue weighted by Gasteiger charge is 2.35. The summed E-state index contributed by atoms with van der Waals surface area (Å²) in [5, 5.41) is 22.1. The summed E-state index contributed by atoms with van der Waals surface area (Å²) < 4.78 is 13.0. The van der Waals surface area contributed by atoms with Gasteiger partial charge in [0.15, 0.2) is 23.8 Å². The molecule has 1 atom stereocenters. The van der Waals surface area contributed by atoms with Gasteiger partial charge in [-0.25, -0.2) is 4.98 Å². The highest BCUT2D eigenvalue weighted by atomic mass is 16.7. The number of ether oxygens (including phenoxy) is 2. The van der Waals surface area contributed by atoms with Crippen molar-refractivity contribution in [2.24, 2.45) is 0 Å². The van der Waals surface area contributed by atoms with E-state index in [0.717, 1.165) is 5.56 Å². The highest BCUT2D eigenvalue weighted by Crippen LogP contribution is 2.34. The Kier molecular flexibility index (Phi) is 5.16. The molecule has 1 aliphatic rings. The summed E-state index contributed by atoms with van der Waals surface area (Å²) in [6.45, 7) is 6.26. The minimum absolute atomic E-state index is 0.0388. The van der Waals surface area contributed by atoms with Gasteiger partial charge < -0.3 is 19.9 Å². The highest BCUT2D eigenvalue weighted by molar-refractivity contribution is 6.02. The lowest BCUT2D eigenvalue weighted by molar-refractivity contribution is -0.163. The third-order valence-corrected chi connectivity index (χ3v) is 6.42. The van der Waals surface area contributed by atoms with Gasteiger partial charge in [-0.3, -0.25) is 14.5 Å². The van der Waals surface area contributed by atoms with Crippen LogP contribution in [0.3, 0.4) is 0 Å². The maximum atomic E-state index is 13.6. The van der Waals surface area contributed by atoms with E-state index in [1.807, 2.05) is 30.3 Å². The van der Waals surface area contributed by atoms with E-state index in [-0.39, 0.29) is 30.1 Å². The van der Waals surface area contributed by atoms with Gasteiger partial charge in [-0.05, 0) is 35.2 Å². The molecule has 0 fully saturated rings. The van der Waals surface area contributed by atoms with E-state index in [9.17, 15) is 9.90 Å². The number of rotatable bonds is 4. The van der Waals surface area contributed by atoms with E-state index in [2.05, 4.69) is 46.3 Å². The van der Waals surface area contributed by atoms with E-state index >= 15 is 0 Å². The van der Waals surface area contributed by atoms with Gasteiger partial charge in [0.2, 0.25) is 5.95 Å². The van der Waals surface area contributed by atoms with Crippen LogP contribution in [0.25, 0.3) is 27.6 Å². The van der Waals surface area contributed by atoms with E-state index in [1.165, 1.54) is 6.20 Å². The van der Waals surface area contributed by atoms with Gasteiger partial charge in [-0.2, -0.15) is 10.1 Å². The maximum absolute atomic E-state index is 13.6. The molecule has 0 radical (unpaired) electrons. The van der Waals surface area contributed by atoms with E-state index in [1.54, 1.807) is 29.0 Å². The van der Waals surface area contributed by atoms with Gasteiger partial charge in [0.1, 0.15) is 0 Å². The summed E-state index contributed by atoms with van der Waals surface area (Å²) in [7, 11) is 0. The van der Waals surface area contributed by atoms with E-state index < -0.39 is 5.79 Å². The summed E-state index contributed by atoms with van der Waals surface area (Å²) in [4.78, 5) is 22.7. The molecule has 1 aliphatic heterocycles. The van der Waals surface area contributed by atoms with Crippen molar-refractivity contribution in [2.45, 2.75) is 32.0 Å². The number of aromatic amines is 1. The summed E-state index contributed by atoms with van der Waals surface area (Å²) in [6.07, 6.45) is 3.15. The Morgan fingerprint density at radius 1 is 1.11 bits per heavy atom. The predicted octanol–water partition coefficient (Wildman–Crippen LogP) is 3.53. The van der Waals surface area contributed by atoms with Crippen molar-refractivity contribution in [1.29, 1.82) is 0 Å². The Balaban J connectivity index is 1.41. The van der Waals surface area contributed by atoms with Gasteiger partial charge in [0, 0.05) is 6.20 Å². The van der Waals surface area contributed by atoms with Gasteiger partial charge >= 0.3 is 0 Å². The molecule has 10 heteroatoms. The first-order valence-corrected chi connectivity index (χ1v) is 11.9. The lowest BCUT2D eigenvalue weighted by Gasteiger charge is -2.33. The fraction of sp³-hybridized carbons (Fsp3) is 0.259. The number of aliphatic hydroxyl groups is 1. The number of hydrogen-bond donors (Lipinski definition) is 3. The lowest BCUT2D eigenvalue weighted by Crippen LogP contribution is -2.50. The molecule has 0 saturated carbocycles. The summed E-state index contributed by atoms with van der Waals surface area (Å²) in [6, 6.07) is 15.0. The molecule has 4 heterocycles. The van der Waals surface area contributed by atoms with Crippen molar-refractivity contribution < 1.29 is 14.6 Å². The van der Waals surface area contributed by atoms with Crippen LogP contribution in [-0.2, 0) is 5.41 Å². The predicted molar refractivity (Wildman–Crippen MR) is 139 cm³/mol. The second-order valence-corrected chi connectivity index (χ2v) is 10.2. The van der Waals surface area contributed by atoms with Crippen LogP contribution in [0.4, 0.5) is 5.95 Å². The molecule has 37 heavy (non-hydrogen) atoms. The van der Waals surface area contributed by atoms with Gasteiger partial charge in [-0.15, -0.1) is 0 Å². The Labute approximate surface area is 211 Å². The van der Waals surface area contributed by atoms with Crippen LogP contribution in [0.5, 0.6) is 11.5 Å². The molecular formula is C27H26N6O4. The van der Waals surface area contributed by atoms with Crippen LogP contribution < -0.4 is 20.3 Å². The molecule has 0 aliphatic carbocycles. The average molecular weight is 499 g/mol. The second-order valence-electron chi connectivity index (χ2n) is 10.2. The quantitative estimate of drug-likeness (QED) is 0.344. The molecule has 0 spiro atoms. The Morgan fingerprint density at radius 2 is 1.92 bits per heavy atom. The van der Waals surface area contributed by atoms with Crippen LogP contribution >= 0.6 is 0 Å². The molecule has 3 N–H and O–H groups in total. The zero-order chi connectivity index (χ0) is 25.8. The Morgan fingerprint density at radius 3 is 2.73 bits per heavy atom. The number of anilines is 1. The summed E-state index contributed by atoms with van der Waals surface area (Å²) in [5.74, 6) is -0.381. The van der Waals surface area contributed by atoms with Gasteiger partial charge in [0.25, 0.3) is 11.3 Å². The summed E-state index contributed by atoms with van der Waals surface area (Å²) in [5.41, 5.74) is 2.40. The van der Waals surface area contributed by atoms with Crippen molar-refractivity contribution in [3.8, 4) is 17.2 Å². The Bertz CT molecular complexity index is 1700. The minimum Gasteiger partial charge on any atom is -0.483 e. The molecule has 10 nitrogen and oxygen atoms in total. The molecule has 0 bridgehead atoms. The first kappa shape index (κ1) is 23.0. The number of nitrogens with one attached hydrogen (secondary N) is 2. The van der Waals surface area contributed by atoms with Gasteiger partial charge in [0.05, 0.1) is 34.7 Å². The molecule has 2 aromatic carbocycles. The molecule has 0 unspecified atom stereocenters. The van der Waals surface area contributed by atoms with Crippen molar-refractivity contribution in [3.63, 3.8) is 0 Å². The number of benzene rings is 2. The molecule has 0 amide bonds. The number of pyridine rings is 1. The maximum Gasteiger partial charge on any atom is 0.267 e. The van der Waals surface area contributed by atoms with Crippen LogP contribution in [0.1, 0.15) is 26.3 Å². The molecule has 188 valence electrons. The second kappa shape index (κ2) is 8.31. The van der Waals surface area contributed by atoms with Crippen LogP contribution in [0, 0.1) is 0 Å². The summed E-state index contributed by atoms with van der Waals surface area (Å²) >= 11 is 0. The fourth-order valence-corrected chi connectivity index (χ4v) is 4.41. The fourth-order valence-electron chi connectivity index (χ4n) is 4.41. The van der Waals surface area contributed by atoms with Crippen LogP contribution in [0.2, 0.25) is 0 Å². The standard InChI is InChI=1S/C27H26N6O4/c1-26(2,3)16-7-6-8-17(11-16)33-23-18(22-19(24(33)34)13-30-32-22)12-28-25(31-23)29-14-27(35)15-36-20-9-4-5-10-21(20)37-27/h4-13,35H,14-15H2,1-3H3,(H,30,32)(H,28,29,31)/t27-/m0/s1. The average Bonchev–Trinajstić information content (AvgIpc) is 3.38. The topological polar surface area (TPSA) is 127 Å². The number of nitrogens with zero attached hydrogens (tertiary/aromatic N) is 4. The SMILES string of the molecule is CC(C)(C)c1cccc(-n2c(=O)c3cn[nH]c3c3cnc(NC[C@@]4(O)COc5ccccc5O4)nc32)c1. The molecule has 3 aromatic heterocycles. The molecule has 6 rings (SSSR count). The van der Waals surface area contributed by atoms with Crippen molar-refractivity contribution in [3.05, 3.63) is 76.8 Å². The van der Waals surface area contributed by atoms with Crippen molar-refractivity contribution in [1.82, 2.24) is 24.7 Å². The normalized spacial score (nSPS) is 17.3. The van der Waals surface area contributed by atoms with Crippen molar-refractivity contribution >= 4 is 27.9 Å². The number of H-pyrrole nitrogens is 1. The third-order valence-electron chi connectivity index (χ3n) is 6.42. The van der Waals surface area contributed by atoms with Gasteiger partial charge in [-0.1, -0.05) is 45.0 Å². The lowest BCUT2D eigenvalue weighted by atomic mass is 9.87. The van der Waals surface area contributed by atoms with Crippen LogP contribution in [0.15, 0.2) is 65.7 Å². The molecule has 0 saturated heterocycles. The monoisotopic (exact) mass is 498 g/mol. The number of hydrogen-bond acceptors (Lipinski definition) is 8. The third kappa shape index (κ3) is 4.05. The first-order valence-electron chi connectivity index (χ1n) is 11.9. The van der Waals surface area contributed by atoms with E-state index in [0.29, 0.717) is 39.1 Å². The zero-order valence-corrected chi connectivity index (χ0v) is 20.6. The minimum atomic E-state index is -1.62. The Hall–Kier alpha value is -4.44. The molecular weight excluding hydrogens is 472 g/mol. The number of para-hydroxylation sites is 2.